The zero-order valence-electron chi connectivity index (χ0n) is 10.2. The maximum absolute atomic E-state index is 13.1. The summed E-state index contributed by atoms with van der Waals surface area (Å²) in [6, 6.07) is 10.2. The lowest BCUT2D eigenvalue weighted by molar-refractivity contribution is 0.602. The Hall–Kier alpha value is -2.08. The van der Waals surface area contributed by atoms with E-state index in [9.17, 15) is 12.8 Å². The fourth-order valence-electron chi connectivity index (χ4n) is 1.60. The molecule has 100 valence electrons. The Morgan fingerprint density at radius 3 is 2.58 bits per heavy atom. The minimum Gasteiger partial charge on any atom is -0.397 e. The number of nitrogens with two attached hydrogens (primary N) is 1. The molecular weight excluding hydrogens is 267 g/mol. The quantitative estimate of drug-likeness (QED) is 0.848. The summed E-state index contributed by atoms with van der Waals surface area (Å²) in [5.74, 6) is -0.420. The highest BCUT2D eigenvalue weighted by molar-refractivity contribution is 7.90. The van der Waals surface area contributed by atoms with Gasteiger partial charge in [0.05, 0.1) is 16.3 Å². The van der Waals surface area contributed by atoms with Crippen LogP contribution in [0.3, 0.4) is 0 Å². The van der Waals surface area contributed by atoms with Crippen molar-refractivity contribution in [2.45, 2.75) is 4.90 Å². The molecule has 4 nitrogen and oxygen atoms in total. The van der Waals surface area contributed by atoms with E-state index in [1.165, 1.54) is 30.3 Å². The lowest BCUT2D eigenvalue weighted by atomic mass is 10.2. The molecule has 0 fully saturated rings. The molecule has 0 amide bonds. The summed E-state index contributed by atoms with van der Waals surface area (Å²) >= 11 is 0. The first-order chi connectivity index (χ1) is 8.86. The molecule has 0 aliphatic heterocycles. The molecule has 0 saturated carbocycles. The van der Waals surface area contributed by atoms with Crippen molar-refractivity contribution >= 4 is 26.9 Å². The van der Waals surface area contributed by atoms with Crippen LogP contribution in [0, 0.1) is 5.82 Å². The number of hydrogen-bond donors (Lipinski definition) is 2. The molecule has 0 atom stereocenters. The van der Waals surface area contributed by atoms with Crippen LogP contribution in [0.5, 0.6) is 0 Å². The largest absolute Gasteiger partial charge is 0.397 e. The molecule has 0 bridgehead atoms. The number of hydrogen-bond acceptors (Lipinski definition) is 4. The van der Waals surface area contributed by atoms with Crippen molar-refractivity contribution in [3.8, 4) is 0 Å². The van der Waals surface area contributed by atoms with E-state index in [1.54, 1.807) is 12.1 Å². The molecule has 6 heteroatoms. The SMILES string of the molecule is CS(=O)(=O)c1cccc(Nc2cc(F)ccc2N)c1. The van der Waals surface area contributed by atoms with Crippen LogP contribution in [0.2, 0.25) is 0 Å². The summed E-state index contributed by atoms with van der Waals surface area (Å²) in [5.41, 5.74) is 7.02. The standard InChI is InChI=1S/C13H13FN2O2S/c1-19(17,18)11-4-2-3-10(8-11)16-13-7-9(14)5-6-12(13)15/h2-8,16H,15H2,1H3. The van der Waals surface area contributed by atoms with Crippen LogP contribution in [-0.2, 0) is 9.84 Å². The van der Waals surface area contributed by atoms with Crippen molar-refractivity contribution in [2.24, 2.45) is 0 Å². The zero-order chi connectivity index (χ0) is 14.0. The van der Waals surface area contributed by atoms with Crippen molar-refractivity contribution < 1.29 is 12.8 Å². The van der Waals surface area contributed by atoms with Crippen LogP contribution in [0.4, 0.5) is 21.5 Å². The molecule has 2 aromatic carbocycles. The molecule has 3 N–H and O–H groups in total. The highest BCUT2D eigenvalue weighted by atomic mass is 32.2. The van der Waals surface area contributed by atoms with E-state index < -0.39 is 15.7 Å². The fraction of sp³-hybridized carbons (Fsp3) is 0.0769. The number of rotatable bonds is 3. The van der Waals surface area contributed by atoms with Crippen LogP contribution in [0.25, 0.3) is 0 Å². The van der Waals surface area contributed by atoms with E-state index in [2.05, 4.69) is 5.32 Å². The number of nitrogens with one attached hydrogen (secondary N) is 1. The Bertz CT molecular complexity index is 714. The number of anilines is 3. The number of nitrogen functional groups attached to an aromatic ring is 1. The van der Waals surface area contributed by atoms with Gasteiger partial charge in [-0.2, -0.15) is 0 Å². The molecule has 0 aliphatic rings. The first-order valence-electron chi connectivity index (χ1n) is 5.48. The summed E-state index contributed by atoms with van der Waals surface area (Å²) in [4.78, 5) is 0.187. The van der Waals surface area contributed by atoms with Crippen LogP contribution >= 0.6 is 0 Å². The lowest BCUT2D eigenvalue weighted by Crippen LogP contribution is -2.00. The average Bonchev–Trinajstić information content (AvgIpc) is 2.33. The van der Waals surface area contributed by atoms with Gasteiger partial charge in [-0.05, 0) is 36.4 Å². The van der Waals surface area contributed by atoms with E-state index in [0.717, 1.165) is 6.26 Å². The van der Waals surface area contributed by atoms with E-state index in [-0.39, 0.29) is 4.90 Å². The highest BCUT2D eigenvalue weighted by Gasteiger charge is 2.08. The Morgan fingerprint density at radius 2 is 1.89 bits per heavy atom. The highest BCUT2D eigenvalue weighted by Crippen LogP contribution is 2.25. The van der Waals surface area contributed by atoms with Gasteiger partial charge in [-0.25, -0.2) is 12.8 Å². The molecule has 0 radical (unpaired) electrons. The Morgan fingerprint density at radius 1 is 1.16 bits per heavy atom. The third-order valence-electron chi connectivity index (χ3n) is 2.56. The van der Waals surface area contributed by atoms with E-state index in [4.69, 9.17) is 5.73 Å². The first kappa shape index (κ1) is 13.4. The Labute approximate surface area is 111 Å². The minimum atomic E-state index is -3.28. The summed E-state index contributed by atoms with van der Waals surface area (Å²) in [5, 5.41) is 2.90. The molecule has 19 heavy (non-hydrogen) atoms. The molecule has 2 rings (SSSR count). The van der Waals surface area contributed by atoms with E-state index in [0.29, 0.717) is 17.1 Å². The second kappa shape index (κ2) is 4.89. The van der Waals surface area contributed by atoms with Crippen LogP contribution in [-0.4, -0.2) is 14.7 Å². The molecule has 0 aliphatic carbocycles. The first-order valence-corrected chi connectivity index (χ1v) is 7.37. The van der Waals surface area contributed by atoms with Crippen LogP contribution < -0.4 is 11.1 Å². The van der Waals surface area contributed by atoms with Gasteiger partial charge in [0.1, 0.15) is 5.82 Å². The molecule has 0 heterocycles. The topological polar surface area (TPSA) is 72.2 Å². The van der Waals surface area contributed by atoms with Gasteiger partial charge in [-0.15, -0.1) is 0 Å². The fourth-order valence-corrected chi connectivity index (χ4v) is 2.26. The molecular formula is C13H13FN2O2S. The predicted octanol–water partition coefficient (Wildman–Crippen LogP) is 2.55. The smallest absolute Gasteiger partial charge is 0.175 e. The van der Waals surface area contributed by atoms with Crippen molar-refractivity contribution in [3.05, 3.63) is 48.3 Å². The van der Waals surface area contributed by atoms with Gasteiger partial charge in [0.2, 0.25) is 0 Å². The molecule has 0 unspecified atom stereocenters. The van der Waals surface area contributed by atoms with Crippen molar-refractivity contribution in [1.82, 2.24) is 0 Å². The van der Waals surface area contributed by atoms with Gasteiger partial charge in [0.15, 0.2) is 9.84 Å². The minimum absolute atomic E-state index is 0.187. The van der Waals surface area contributed by atoms with Gasteiger partial charge in [-0.3, -0.25) is 0 Å². The van der Waals surface area contributed by atoms with E-state index in [1.807, 2.05) is 0 Å². The van der Waals surface area contributed by atoms with Crippen molar-refractivity contribution in [3.63, 3.8) is 0 Å². The third kappa shape index (κ3) is 3.23. The Kier molecular flexibility index (Phi) is 3.44. The molecule has 0 saturated heterocycles. The zero-order valence-corrected chi connectivity index (χ0v) is 11.0. The molecule has 2 aromatic rings. The summed E-state index contributed by atoms with van der Waals surface area (Å²) in [6.45, 7) is 0. The van der Waals surface area contributed by atoms with Gasteiger partial charge in [0, 0.05) is 11.9 Å². The van der Waals surface area contributed by atoms with Gasteiger partial charge >= 0.3 is 0 Å². The van der Waals surface area contributed by atoms with Gasteiger partial charge in [-0.1, -0.05) is 6.07 Å². The normalized spacial score (nSPS) is 11.3. The number of benzene rings is 2. The third-order valence-corrected chi connectivity index (χ3v) is 3.67. The Balaban J connectivity index is 2.36. The van der Waals surface area contributed by atoms with Crippen LogP contribution in [0.15, 0.2) is 47.4 Å². The second-order valence-corrected chi connectivity index (χ2v) is 6.17. The number of sulfone groups is 1. The summed E-state index contributed by atoms with van der Waals surface area (Å²) in [6.07, 6.45) is 1.13. The predicted molar refractivity (Wildman–Crippen MR) is 73.6 cm³/mol. The average molecular weight is 280 g/mol. The number of halogens is 1. The van der Waals surface area contributed by atoms with Crippen LogP contribution in [0.1, 0.15) is 0 Å². The molecule has 0 aromatic heterocycles. The van der Waals surface area contributed by atoms with E-state index >= 15 is 0 Å². The monoisotopic (exact) mass is 280 g/mol. The second-order valence-electron chi connectivity index (χ2n) is 4.16. The summed E-state index contributed by atoms with van der Waals surface area (Å²) < 4.78 is 36.0. The van der Waals surface area contributed by atoms with Crippen molar-refractivity contribution in [1.29, 1.82) is 0 Å². The maximum atomic E-state index is 13.1. The van der Waals surface area contributed by atoms with Gasteiger partial charge in [0.25, 0.3) is 0 Å². The summed E-state index contributed by atoms with van der Waals surface area (Å²) in [7, 11) is -3.28. The van der Waals surface area contributed by atoms with Crippen molar-refractivity contribution in [2.75, 3.05) is 17.3 Å². The lowest BCUT2D eigenvalue weighted by Gasteiger charge is -2.10. The molecule has 0 spiro atoms. The maximum Gasteiger partial charge on any atom is 0.175 e. The van der Waals surface area contributed by atoms with Gasteiger partial charge < -0.3 is 11.1 Å².